The number of nitrogens with zero attached hydrogens (tertiary/aromatic N) is 3. The SMILES string of the molecule is CCOC(=O)c1cnc(N2CC(C)NC(C)C2)nc1C. The molecule has 0 radical (unpaired) electrons. The van der Waals surface area contributed by atoms with Gasteiger partial charge in [0.25, 0.3) is 0 Å². The van der Waals surface area contributed by atoms with E-state index < -0.39 is 0 Å². The van der Waals surface area contributed by atoms with Crippen molar-refractivity contribution in [2.45, 2.75) is 39.8 Å². The molecule has 2 rings (SSSR count). The van der Waals surface area contributed by atoms with Crippen molar-refractivity contribution in [1.82, 2.24) is 15.3 Å². The van der Waals surface area contributed by atoms with E-state index in [1.807, 2.05) is 6.92 Å². The second kappa shape index (κ2) is 6.17. The van der Waals surface area contributed by atoms with Crippen LogP contribution < -0.4 is 10.2 Å². The van der Waals surface area contributed by atoms with Gasteiger partial charge in [0.2, 0.25) is 5.95 Å². The molecule has 0 bridgehead atoms. The molecule has 1 aromatic rings. The van der Waals surface area contributed by atoms with E-state index in [0.29, 0.717) is 35.9 Å². The second-order valence-corrected chi connectivity index (χ2v) is 5.26. The minimum atomic E-state index is -0.362. The maximum absolute atomic E-state index is 11.7. The summed E-state index contributed by atoms with van der Waals surface area (Å²) in [6, 6.07) is 0.791. The molecule has 2 heterocycles. The van der Waals surface area contributed by atoms with Crippen LogP contribution in [0.3, 0.4) is 0 Å². The Morgan fingerprint density at radius 2 is 2.10 bits per heavy atom. The molecule has 1 aliphatic rings. The number of hydrogen-bond acceptors (Lipinski definition) is 6. The van der Waals surface area contributed by atoms with E-state index in [9.17, 15) is 4.79 Å². The maximum Gasteiger partial charge on any atom is 0.341 e. The minimum Gasteiger partial charge on any atom is -0.462 e. The Morgan fingerprint density at radius 3 is 2.65 bits per heavy atom. The highest BCUT2D eigenvalue weighted by Crippen LogP contribution is 2.15. The molecule has 0 amide bonds. The van der Waals surface area contributed by atoms with Crippen molar-refractivity contribution in [2.75, 3.05) is 24.6 Å². The Labute approximate surface area is 119 Å². The highest BCUT2D eigenvalue weighted by Gasteiger charge is 2.23. The van der Waals surface area contributed by atoms with Gasteiger partial charge < -0.3 is 15.0 Å². The Balaban J connectivity index is 2.18. The summed E-state index contributed by atoms with van der Waals surface area (Å²) in [4.78, 5) is 22.7. The van der Waals surface area contributed by atoms with Crippen molar-refractivity contribution in [1.29, 1.82) is 0 Å². The van der Waals surface area contributed by atoms with Gasteiger partial charge in [-0.15, -0.1) is 0 Å². The molecule has 20 heavy (non-hydrogen) atoms. The fourth-order valence-electron chi connectivity index (χ4n) is 2.51. The second-order valence-electron chi connectivity index (χ2n) is 5.26. The average molecular weight is 278 g/mol. The lowest BCUT2D eigenvalue weighted by atomic mass is 10.1. The first-order valence-electron chi connectivity index (χ1n) is 7.03. The van der Waals surface area contributed by atoms with Gasteiger partial charge in [-0.1, -0.05) is 0 Å². The molecule has 1 N–H and O–H groups in total. The molecule has 0 aliphatic carbocycles. The molecular weight excluding hydrogens is 256 g/mol. The molecule has 0 spiro atoms. The van der Waals surface area contributed by atoms with Gasteiger partial charge in [-0.2, -0.15) is 0 Å². The zero-order chi connectivity index (χ0) is 14.7. The maximum atomic E-state index is 11.7. The van der Waals surface area contributed by atoms with Crippen molar-refractivity contribution in [3.8, 4) is 0 Å². The summed E-state index contributed by atoms with van der Waals surface area (Å²) in [6.07, 6.45) is 1.56. The van der Waals surface area contributed by atoms with Crippen LogP contribution in [-0.2, 0) is 4.74 Å². The summed E-state index contributed by atoms with van der Waals surface area (Å²) in [5, 5.41) is 3.47. The van der Waals surface area contributed by atoms with E-state index in [1.165, 1.54) is 0 Å². The van der Waals surface area contributed by atoms with Gasteiger partial charge in [-0.05, 0) is 27.7 Å². The van der Waals surface area contributed by atoms with Crippen LogP contribution in [0.15, 0.2) is 6.20 Å². The van der Waals surface area contributed by atoms with Gasteiger partial charge in [-0.3, -0.25) is 0 Å². The number of carbonyl (C=O) groups is 1. The number of aromatic nitrogens is 2. The molecular formula is C14H22N4O2. The molecule has 1 aromatic heterocycles. The number of anilines is 1. The van der Waals surface area contributed by atoms with Crippen LogP contribution in [0.5, 0.6) is 0 Å². The number of piperazine rings is 1. The third kappa shape index (κ3) is 3.25. The predicted molar refractivity (Wildman–Crippen MR) is 77.0 cm³/mol. The Hall–Kier alpha value is -1.69. The van der Waals surface area contributed by atoms with Crippen LogP contribution in [-0.4, -0.2) is 47.7 Å². The van der Waals surface area contributed by atoms with Crippen LogP contribution in [0.4, 0.5) is 5.95 Å². The standard InChI is InChI=1S/C14H22N4O2/c1-5-20-13(19)12-6-15-14(17-11(12)4)18-7-9(2)16-10(3)8-18/h6,9-10,16H,5,7-8H2,1-4H3. The molecule has 1 aliphatic heterocycles. The van der Waals surface area contributed by atoms with E-state index in [0.717, 1.165) is 13.1 Å². The lowest BCUT2D eigenvalue weighted by Gasteiger charge is -2.36. The number of nitrogens with one attached hydrogen (secondary N) is 1. The number of esters is 1. The monoisotopic (exact) mass is 278 g/mol. The topological polar surface area (TPSA) is 67.3 Å². The third-order valence-corrected chi connectivity index (χ3v) is 3.30. The first kappa shape index (κ1) is 14.7. The summed E-state index contributed by atoms with van der Waals surface area (Å²) >= 11 is 0. The summed E-state index contributed by atoms with van der Waals surface area (Å²) in [5.41, 5.74) is 1.10. The van der Waals surface area contributed by atoms with Gasteiger partial charge in [-0.25, -0.2) is 14.8 Å². The van der Waals surface area contributed by atoms with Crippen LogP contribution >= 0.6 is 0 Å². The minimum absolute atomic E-state index is 0.354. The zero-order valence-corrected chi connectivity index (χ0v) is 12.5. The molecule has 2 unspecified atom stereocenters. The fraction of sp³-hybridized carbons (Fsp3) is 0.643. The summed E-state index contributed by atoms with van der Waals surface area (Å²) < 4.78 is 4.99. The molecule has 110 valence electrons. The Morgan fingerprint density at radius 1 is 1.45 bits per heavy atom. The van der Waals surface area contributed by atoms with Crippen molar-refractivity contribution in [3.63, 3.8) is 0 Å². The zero-order valence-electron chi connectivity index (χ0n) is 12.5. The van der Waals surface area contributed by atoms with Crippen molar-refractivity contribution >= 4 is 11.9 Å². The van der Waals surface area contributed by atoms with Crippen LogP contribution in [0.1, 0.15) is 36.8 Å². The number of rotatable bonds is 3. The molecule has 6 nitrogen and oxygen atoms in total. The van der Waals surface area contributed by atoms with Crippen LogP contribution in [0, 0.1) is 6.92 Å². The molecule has 0 saturated carbocycles. The molecule has 1 fully saturated rings. The number of carbonyl (C=O) groups excluding carboxylic acids is 1. The van der Waals surface area contributed by atoms with Crippen LogP contribution in [0.25, 0.3) is 0 Å². The Kier molecular flexibility index (Phi) is 4.54. The van der Waals surface area contributed by atoms with E-state index >= 15 is 0 Å². The quantitative estimate of drug-likeness (QED) is 0.837. The Bertz CT molecular complexity index is 482. The van der Waals surface area contributed by atoms with E-state index in [4.69, 9.17) is 4.74 Å². The van der Waals surface area contributed by atoms with E-state index in [1.54, 1.807) is 13.1 Å². The van der Waals surface area contributed by atoms with Gasteiger partial charge in [0, 0.05) is 31.4 Å². The molecule has 2 atom stereocenters. The van der Waals surface area contributed by atoms with Crippen molar-refractivity contribution in [3.05, 3.63) is 17.5 Å². The summed E-state index contributed by atoms with van der Waals surface area (Å²) in [5.74, 6) is 0.314. The lowest BCUT2D eigenvalue weighted by molar-refractivity contribution is 0.0524. The average Bonchev–Trinajstić information content (AvgIpc) is 2.37. The lowest BCUT2D eigenvalue weighted by Crippen LogP contribution is -2.54. The highest BCUT2D eigenvalue weighted by atomic mass is 16.5. The predicted octanol–water partition coefficient (Wildman–Crippen LogP) is 1.15. The van der Waals surface area contributed by atoms with Crippen molar-refractivity contribution < 1.29 is 9.53 Å². The van der Waals surface area contributed by atoms with Gasteiger partial charge >= 0.3 is 5.97 Å². The largest absolute Gasteiger partial charge is 0.462 e. The van der Waals surface area contributed by atoms with Gasteiger partial charge in [0.1, 0.15) is 0 Å². The van der Waals surface area contributed by atoms with E-state index in [2.05, 4.69) is 34.0 Å². The van der Waals surface area contributed by atoms with Gasteiger partial charge in [0.15, 0.2) is 0 Å². The first-order valence-corrected chi connectivity index (χ1v) is 7.03. The molecule has 0 aromatic carbocycles. The highest BCUT2D eigenvalue weighted by molar-refractivity contribution is 5.90. The van der Waals surface area contributed by atoms with Crippen molar-refractivity contribution in [2.24, 2.45) is 0 Å². The normalized spacial score (nSPS) is 22.7. The van der Waals surface area contributed by atoms with Crippen LogP contribution in [0.2, 0.25) is 0 Å². The molecule has 6 heteroatoms. The smallest absolute Gasteiger partial charge is 0.341 e. The first-order chi connectivity index (χ1) is 9.51. The number of ether oxygens (including phenoxy) is 1. The van der Waals surface area contributed by atoms with E-state index in [-0.39, 0.29) is 5.97 Å². The summed E-state index contributed by atoms with van der Waals surface area (Å²) in [6.45, 7) is 9.96. The summed E-state index contributed by atoms with van der Waals surface area (Å²) in [7, 11) is 0. The number of hydrogen-bond donors (Lipinski definition) is 1. The number of aryl methyl sites for hydroxylation is 1. The van der Waals surface area contributed by atoms with Gasteiger partial charge in [0.05, 0.1) is 17.9 Å². The fourth-order valence-corrected chi connectivity index (χ4v) is 2.51. The third-order valence-electron chi connectivity index (χ3n) is 3.30. The molecule has 1 saturated heterocycles.